The molecule has 1 aliphatic rings. The minimum absolute atomic E-state index is 0.0645. The molecule has 0 spiro atoms. The van der Waals surface area contributed by atoms with Gasteiger partial charge in [-0.1, -0.05) is 55.8 Å². The van der Waals surface area contributed by atoms with E-state index < -0.39 is 0 Å². The van der Waals surface area contributed by atoms with Gasteiger partial charge in [0.2, 0.25) is 5.88 Å². The first kappa shape index (κ1) is 21.3. The Morgan fingerprint density at radius 1 is 1.16 bits per heavy atom. The van der Waals surface area contributed by atoms with Crippen molar-refractivity contribution in [3.63, 3.8) is 0 Å². The van der Waals surface area contributed by atoms with Gasteiger partial charge in [-0.15, -0.1) is 0 Å². The maximum atomic E-state index is 11.0. The van der Waals surface area contributed by atoms with Crippen LogP contribution in [-0.2, 0) is 6.54 Å². The van der Waals surface area contributed by atoms with Crippen molar-refractivity contribution in [2.24, 2.45) is 9.98 Å². The summed E-state index contributed by atoms with van der Waals surface area (Å²) in [6.45, 7) is 8.15. The van der Waals surface area contributed by atoms with Crippen LogP contribution in [0.15, 0.2) is 58.5 Å². The van der Waals surface area contributed by atoms with E-state index in [2.05, 4.69) is 28.7 Å². The molecule has 0 radical (unpaired) electrons. The summed E-state index contributed by atoms with van der Waals surface area (Å²) in [5.74, 6) is 0.729. The molecule has 7 heteroatoms. The molecule has 160 valence electrons. The molecule has 0 aliphatic carbocycles. The number of nitrogens with zero attached hydrogens (tertiary/aromatic N) is 5. The van der Waals surface area contributed by atoms with Crippen LogP contribution in [0, 0.1) is 0 Å². The predicted octanol–water partition coefficient (Wildman–Crippen LogP) is 4.34. The van der Waals surface area contributed by atoms with Crippen LogP contribution in [0.4, 0.5) is 0 Å². The quantitative estimate of drug-likeness (QED) is 0.561. The summed E-state index contributed by atoms with van der Waals surface area (Å²) < 4.78 is 1.75. The predicted molar refractivity (Wildman–Crippen MR) is 126 cm³/mol. The molecule has 0 fully saturated rings. The van der Waals surface area contributed by atoms with Gasteiger partial charge in [-0.2, -0.15) is 0 Å². The smallest absolute Gasteiger partial charge is 0.225 e. The summed E-state index contributed by atoms with van der Waals surface area (Å²) >= 11 is 6.32. The molecule has 0 unspecified atom stereocenters. The highest BCUT2D eigenvalue weighted by atomic mass is 35.5. The number of aromatic hydroxyl groups is 1. The van der Waals surface area contributed by atoms with Crippen LogP contribution in [-0.4, -0.2) is 57.7 Å². The summed E-state index contributed by atoms with van der Waals surface area (Å²) in [6.07, 6.45) is 1.65. The van der Waals surface area contributed by atoms with E-state index in [1.54, 1.807) is 10.8 Å². The molecule has 0 amide bonds. The number of fused-ring (bicyclic) bond motifs is 3. The van der Waals surface area contributed by atoms with Gasteiger partial charge >= 0.3 is 0 Å². The van der Waals surface area contributed by atoms with Gasteiger partial charge in [-0.25, -0.2) is 4.98 Å². The molecule has 2 aromatic carbocycles. The number of rotatable bonds is 7. The molecular weight excluding hydrogens is 410 g/mol. The van der Waals surface area contributed by atoms with Crippen LogP contribution < -0.4 is 0 Å². The Morgan fingerprint density at radius 3 is 2.68 bits per heavy atom. The average molecular weight is 436 g/mol. The van der Waals surface area contributed by atoms with Crippen molar-refractivity contribution in [2.45, 2.75) is 20.4 Å². The zero-order valence-electron chi connectivity index (χ0n) is 17.8. The molecule has 4 rings (SSSR count). The fraction of sp³-hybridized carbons (Fsp3) is 0.292. The van der Waals surface area contributed by atoms with Gasteiger partial charge < -0.3 is 10.0 Å². The number of likely N-dealkylation sites (N-methyl/N-ethyl adjacent to an activating group) is 1. The molecule has 0 saturated heterocycles. The van der Waals surface area contributed by atoms with Crippen LogP contribution in [0.1, 0.15) is 36.5 Å². The summed E-state index contributed by atoms with van der Waals surface area (Å²) in [5.41, 5.74) is 3.93. The molecule has 0 saturated carbocycles. The van der Waals surface area contributed by atoms with Gasteiger partial charge in [0, 0.05) is 22.7 Å². The molecule has 2 heterocycles. The summed E-state index contributed by atoms with van der Waals surface area (Å²) in [7, 11) is 0. The Kier molecular flexibility index (Phi) is 6.49. The lowest BCUT2D eigenvalue weighted by molar-refractivity contribution is 0.313. The van der Waals surface area contributed by atoms with Gasteiger partial charge in [0.15, 0.2) is 0 Å². The van der Waals surface area contributed by atoms with Gasteiger partial charge in [-0.3, -0.25) is 14.6 Å². The van der Waals surface area contributed by atoms with E-state index in [1.807, 2.05) is 48.5 Å². The van der Waals surface area contributed by atoms with Crippen LogP contribution in [0.2, 0.25) is 5.02 Å². The highest BCUT2D eigenvalue weighted by Gasteiger charge is 2.24. The van der Waals surface area contributed by atoms with Crippen molar-refractivity contribution in [1.29, 1.82) is 0 Å². The monoisotopic (exact) mass is 435 g/mol. The minimum atomic E-state index is 0.0645. The topological polar surface area (TPSA) is 66.0 Å². The Balaban J connectivity index is 1.70. The zero-order chi connectivity index (χ0) is 21.8. The molecule has 1 N–H and O–H groups in total. The highest BCUT2D eigenvalue weighted by molar-refractivity contribution is 6.31. The third kappa shape index (κ3) is 4.40. The highest BCUT2D eigenvalue weighted by Crippen LogP contribution is 2.32. The van der Waals surface area contributed by atoms with Gasteiger partial charge in [-0.05, 0) is 31.3 Å². The standard InChI is InChI=1S/C24H26ClN5O/c1-3-29(4-2)13-12-26-15-20-24(31)30-21-11-10-18(25)14-19(21)23(27-16-22(30)28-20)17-8-6-5-7-9-17/h5-11,14-15,31H,3-4,12-13,16H2,1-2H3. The maximum absolute atomic E-state index is 11.0. The van der Waals surface area contributed by atoms with Crippen molar-refractivity contribution in [1.82, 2.24) is 14.5 Å². The molecule has 0 bridgehead atoms. The number of aromatic nitrogens is 2. The van der Waals surface area contributed by atoms with Crippen molar-refractivity contribution in [2.75, 3.05) is 26.2 Å². The van der Waals surface area contributed by atoms with E-state index in [-0.39, 0.29) is 5.88 Å². The lowest BCUT2D eigenvalue weighted by Gasteiger charge is -2.15. The fourth-order valence-corrected chi connectivity index (χ4v) is 3.95. The van der Waals surface area contributed by atoms with Crippen LogP contribution in [0.5, 0.6) is 5.88 Å². The number of halogens is 1. The van der Waals surface area contributed by atoms with Crippen LogP contribution >= 0.6 is 11.6 Å². The summed E-state index contributed by atoms with van der Waals surface area (Å²) in [5, 5.41) is 11.6. The molecule has 0 atom stereocenters. The second-order valence-electron chi connectivity index (χ2n) is 7.33. The first-order valence-corrected chi connectivity index (χ1v) is 10.9. The second-order valence-corrected chi connectivity index (χ2v) is 7.76. The van der Waals surface area contributed by atoms with E-state index >= 15 is 0 Å². The van der Waals surface area contributed by atoms with Crippen LogP contribution in [0.3, 0.4) is 0 Å². The Morgan fingerprint density at radius 2 is 1.94 bits per heavy atom. The van der Waals surface area contributed by atoms with E-state index in [9.17, 15) is 5.11 Å². The lowest BCUT2D eigenvalue weighted by atomic mass is 10.0. The number of benzene rings is 2. The maximum Gasteiger partial charge on any atom is 0.225 e. The third-order valence-corrected chi connectivity index (χ3v) is 5.72. The van der Waals surface area contributed by atoms with Crippen molar-refractivity contribution in [3.8, 4) is 11.6 Å². The number of imidazole rings is 1. The van der Waals surface area contributed by atoms with E-state index in [0.717, 1.165) is 42.2 Å². The van der Waals surface area contributed by atoms with E-state index in [1.165, 1.54) is 0 Å². The number of hydrogen-bond acceptors (Lipinski definition) is 5. The first-order valence-electron chi connectivity index (χ1n) is 10.5. The Labute approximate surface area is 187 Å². The molecule has 1 aromatic heterocycles. The lowest BCUT2D eigenvalue weighted by Crippen LogP contribution is -2.25. The Hall–Kier alpha value is -2.96. The largest absolute Gasteiger partial charge is 0.493 e. The average Bonchev–Trinajstić information content (AvgIpc) is 3.00. The van der Waals surface area contributed by atoms with Crippen LogP contribution in [0.25, 0.3) is 5.69 Å². The van der Waals surface area contributed by atoms with E-state index in [4.69, 9.17) is 16.6 Å². The van der Waals surface area contributed by atoms with Gasteiger partial charge in [0.25, 0.3) is 0 Å². The first-order chi connectivity index (χ1) is 15.1. The van der Waals surface area contributed by atoms with Gasteiger partial charge in [0.05, 0.1) is 30.7 Å². The SMILES string of the molecule is CCN(CC)CCN=Cc1nc2n(c1O)-c1ccc(Cl)cc1C(c1ccccc1)=NC2. The molecule has 6 nitrogen and oxygen atoms in total. The van der Waals surface area contributed by atoms with Gasteiger partial charge in [0.1, 0.15) is 11.5 Å². The van der Waals surface area contributed by atoms with E-state index in [0.29, 0.717) is 29.6 Å². The minimum Gasteiger partial charge on any atom is -0.493 e. The van der Waals surface area contributed by atoms with Crippen molar-refractivity contribution < 1.29 is 5.11 Å². The second kappa shape index (κ2) is 9.45. The number of aliphatic imine (C=N–C) groups is 2. The summed E-state index contributed by atoms with van der Waals surface area (Å²) in [6, 6.07) is 15.6. The normalized spacial score (nSPS) is 13.2. The molecular formula is C24H26ClN5O. The zero-order valence-corrected chi connectivity index (χ0v) is 18.5. The van der Waals surface area contributed by atoms with Crippen molar-refractivity contribution >= 4 is 23.5 Å². The molecule has 3 aromatic rings. The van der Waals surface area contributed by atoms with Crippen molar-refractivity contribution in [3.05, 3.63) is 76.2 Å². The molecule has 1 aliphatic heterocycles. The summed E-state index contributed by atoms with van der Waals surface area (Å²) in [4.78, 5) is 16.2. The number of hydrogen-bond donors (Lipinski definition) is 1. The Bertz CT molecular complexity index is 1120. The fourth-order valence-electron chi connectivity index (χ4n) is 3.78. The third-order valence-electron chi connectivity index (χ3n) is 5.48. The molecule has 31 heavy (non-hydrogen) atoms.